The van der Waals surface area contributed by atoms with E-state index >= 15 is 0 Å². The molecule has 1 aliphatic heterocycles. The number of imide groups is 1. The molecule has 1 heterocycles. The lowest BCUT2D eigenvalue weighted by molar-refractivity contribution is -0.115. The molecule has 8 heteroatoms. The molecule has 1 fully saturated rings. The molecule has 0 aliphatic carbocycles. The summed E-state index contributed by atoms with van der Waals surface area (Å²) < 4.78 is 11.3. The zero-order valence-electron chi connectivity index (χ0n) is 14.4. The number of amides is 2. The van der Waals surface area contributed by atoms with Gasteiger partial charge in [-0.05, 0) is 70.5 Å². The molecule has 0 unspecified atom stereocenters. The van der Waals surface area contributed by atoms with E-state index in [4.69, 9.17) is 9.47 Å². The van der Waals surface area contributed by atoms with E-state index in [9.17, 15) is 14.4 Å². The summed E-state index contributed by atoms with van der Waals surface area (Å²) in [6, 6.07) is 10.3. The van der Waals surface area contributed by atoms with E-state index in [0.717, 1.165) is 17.3 Å². The number of hydrogen-bond acceptors (Lipinski definition) is 6. The lowest BCUT2D eigenvalue weighted by Crippen LogP contribution is -2.17. The summed E-state index contributed by atoms with van der Waals surface area (Å²) in [6.07, 6.45) is 1.56. The first-order valence-electron chi connectivity index (χ1n) is 7.78. The van der Waals surface area contributed by atoms with Crippen LogP contribution in [0.15, 0.2) is 45.8 Å². The summed E-state index contributed by atoms with van der Waals surface area (Å²) in [7, 11) is 1.45. The van der Waals surface area contributed by atoms with Crippen molar-refractivity contribution in [1.29, 1.82) is 0 Å². The normalized spacial score (nSPS) is 15.0. The van der Waals surface area contributed by atoms with Gasteiger partial charge in [-0.25, -0.2) is 4.79 Å². The minimum absolute atomic E-state index is 0.227. The fourth-order valence-electron chi connectivity index (χ4n) is 2.34. The van der Waals surface area contributed by atoms with Crippen LogP contribution in [0.5, 0.6) is 11.5 Å². The summed E-state index contributed by atoms with van der Waals surface area (Å²) in [6.45, 7) is 1.93. The van der Waals surface area contributed by atoms with Gasteiger partial charge in [0.05, 0.1) is 22.1 Å². The lowest BCUT2D eigenvalue weighted by atomic mass is 10.1. The maximum absolute atomic E-state index is 12.4. The average Bonchev–Trinajstić information content (AvgIpc) is 2.94. The van der Waals surface area contributed by atoms with Crippen LogP contribution in [0.2, 0.25) is 0 Å². The highest BCUT2D eigenvalue weighted by atomic mass is 79.9. The van der Waals surface area contributed by atoms with E-state index in [0.29, 0.717) is 21.3 Å². The van der Waals surface area contributed by atoms with Crippen LogP contribution >= 0.6 is 27.7 Å². The number of nitrogens with one attached hydrogen (secondary N) is 1. The number of esters is 1. The highest BCUT2D eigenvalue weighted by Gasteiger charge is 2.25. The summed E-state index contributed by atoms with van der Waals surface area (Å²) in [5.74, 6) is -0.428. The number of hydrogen-bond donors (Lipinski definition) is 1. The molecule has 27 heavy (non-hydrogen) atoms. The Morgan fingerprint density at radius 3 is 2.48 bits per heavy atom. The second-order valence-corrected chi connectivity index (χ2v) is 7.51. The molecule has 0 aromatic heterocycles. The molecule has 0 saturated carbocycles. The minimum atomic E-state index is -0.517. The fraction of sp³-hybridized carbons (Fsp3) is 0.105. The van der Waals surface area contributed by atoms with Crippen LogP contribution < -0.4 is 14.8 Å². The molecule has 6 nitrogen and oxygen atoms in total. The van der Waals surface area contributed by atoms with E-state index in [1.54, 1.807) is 30.3 Å². The molecule has 2 amide bonds. The van der Waals surface area contributed by atoms with Gasteiger partial charge in [-0.1, -0.05) is 17.7 Å². The first-order chi connectivity index (χ1) is 12.9. The van der Waals surface area contributed by atoms with Crippen LogP contribution in [0.25, 0.3) is 6.08 Å². The van der Waals surface area contributed by atoms with Crippen molar-refractivity contribution in [3.05, 3.63) is 62.5 Å². The molecule has 138 valence electrons. The van der Waals surface area contributed by atoms with Crippen molar-refractivity contribution < 1.29 is 23.9 Å². The van der Waals surface area contributed by atoms with Crippen molar-refractivity contribution in [1.82, 2.24) is 5.32 Å². The number of rotatable bonds is 4. The molecule has 2 aromatic carbocycles. The summed E-state index contributed by atoms with van der Waals surface area (Å²) in [5.41, 5.74) is 2.06. The summed E-state index contributed by atoms with van der Waals surface area (Å²) >= 11 is 4.19. The molecule has 1 saturated heterocycles. The van der Waals surface area contributed by atoms with Gasteiger partial charge in [0.25, 0.3) is 11.1 Å². The van der Waals surface area contributed by atoms with Gasteiger partial charge in [0, 0.05) is 0 Å². The number of halogens is 1. The van der Waals surface area contributed by atoms with Crippen molar-refractivity contribution >= 4 is 50.9 Å². The number of aryl methyl sites for hydroxylation is 1. The minimum Gasteiger partial charge on any atom is -0.493 e. The summed E-state index contributed by atoms with van der Waals surface area (Å²) in [4.78, 5) is 35.6. The van der Waals surface area contributed by atoms with Gasteiger partial charge >= 0.3 is 5.97 Å². The number of methoxy groups -OCH3 is 1. The van der Waals surface area contributed by atoms with Crippen LogP contribution in [0.1, 0.15) is 21.5 Å². The van der Waals surface area contributed by atoms with Gasteiger partial charge in [0.2, 0.25) is 0 Å². The second kappa shape index (κ2) is 7.98. The van der Waals surface area contributed by atoms with Crippen LogP contribution in [-0.4, -0.2) is 24.2 Å². The quantitative estimate of drug-likeness (QED) is 0.427. The maximum Gasteiger partial charge on any atom is 0.343 e. The Labute approximate surface area is 168 Å². The van der Waals surface area contributed by atoms with Crippen molar-refractivity contribution in [3.8, 4) is 11.5 Å². The van der Waals surface area contributed by atoms with E-state index in [1.807, 2.05) is 19.1 Å². The van der Waals surface area contributed by atoms with E-state index in [2.05, 4.69) is 21.2 Å². The van der Waals surface area contributed by atoms with Crippen molar-refractivity contribution in [2.45, 2.75) is 6.92 Å². The van der Waals surface area contributed by atoms with Crippen LogP contribution in [-0.2, 0) is 4.79 Å². The van der Waals surface area contributed by atoms with Gasteiger partial charge in [-0.15, -0.1) is 0 Å². The third kappa shape index (κ3) is 4.40. The molecule has 0 radical (unpaired) electrons. The fourth-order valence-corrected chi connectivity index (χ4v) is 3.56. The number of carbonyl (C=O) groups excluding carboxylic acids is 3. The highest BCUT2D eigenvalue weighted by Crippen LogP contribution is 2.38. The molecule has 2 aromatic rings. The Hall–Kier alpha value is -2.58. The molecule has 0 atom stereocenters. The molecule has 0 bridgehead atoms. The van der Waals surface area contributed by atoms with Crippen molar-refractivity contribution in [2.75, 3.05) is 7.11 Å². The third-order valence-corrected chi connectivity index (χ3v) is 5.07. The molecule has 3 rings (SSSR count). The Balaban J connectivity index is 1.89. The maximum atomic E-state index is 12.4. The van der Waals surface area contributed by atoms with E-state index < -0.39 is 17.1 Å². The van der Waals surface area contributed by atoms with Crippen LogP contribution in [0.4, 0.5) is 4.79 Å². The smallest absolute Gasteiger partial charge is 0.343 e. The lowest BCUT2D eigenvalue weighted by Gasteiger charge is -2.12. The topological polar surface area (TPSA) is 81.7 Å². The number of ether oxygens (including phenoxy) is 2. The number of thioether (sulfide) groups is 1. The zero-order valence-corrected chi connectivity index (χ0v) is 16.8. The Bertz CT molecular complexity index is 969. The van der Waals surface area contributed by atoms with Crippen molar-refractivity contribution in [3.63, 3.8) is 0 Å². The number of benzene rings is 2. The highest BCUT2D eigenvalue weighted by molar-refractivity contribution is 9.10. The molecule has 1 aliphatic rings. The first-order valence-corrected chi connectivity index (χ1v) is 9.39. The van der Waals surface area contributed by atoms with Gasteiger partial charge in [0.1, 0.15) is 0 Å². The predicted octanol–water partition coefficient (Wildman–Crippen LogP) is 4.31. The third-order valence-electron chi connectivity index (χ3n) is 3.67. The second-order valence-electron chi connectivity index (χ2n) is 5.64. The van der Waals surface area contributed by atoms with Crippen molar-refractivity contribution in [2.24, 2.45) is 0 Å². The monoisotopic (exact) mass is 447 g/mol. The van der Waals surface area contributed by atoms with Gasteiger partial charge in [0.15, 0.2) is 11.5 Å². The van der Waals surface area contributed by atoms with Crippen LogP contribution in [0, 0.1) is 6.92 Å². The Morgan fingerprint density at radius 2 is 1.89 bits per heavy atom. The van der Waals surface area contributed by atoms with E-state index in [1.165, 1.54) is 7.11 Å². The van der Waals surface area contributed by atoms with E-state index in [-0.39, 0.29) is 10.7 Å². The molecule has 1 N–H and O–H groups in total. The first kappa shape index (κ1) is 19.2. The Morgan fingerprint density at radius 1 is 1.19 bits per heavy atom. The predicted molar refractivity (Wildman–Crippen MR) is 106 cm³/mol. The number of carbonyl (C=O) groups is 3. The largest absolute Gasteiger partial charge is 0.493 e. The average molecular weight is 448 g/mol. The van der Waals surface area contributed by atoms with Crippen LogP contribution in [0.3, 0.4) is 0 Å². The van der Waals surface area contributed by atoms with Gasteiger partial charge in [-0.3, -0.25) is 14.9 Å². The standard InChI is InChI=1S/C19H14BrNO5S/c1-10-3-5-12(6-4-10)18(23)26-16-13(20)7-11(8-14(16)25-2)9-15-17(22)21-19(24)27-15/h3-9H,1-2H3,(H,21,22,24)/b15-9-. The molecular weight excluding hydrogens is 434 g/mol. The SMILES string of the molecule is COc1cc(/C=C2\SC(=O)NC2=O)cc(Br)c1OC(=O)c1ccc(C)cc1. The Kier molecular flexibility index (Phi) is 5.67. The van der Waals surface area contributed by atoms with Gasteiger partial charge in [-0.2, -0.15) is 0 Å². The molecular formula is C19H14BrNO5S. The van der Waals surface area contributed by atoms with Gasteiger partial charge < -0.3 is 9.47 Å². The zero-order chi connectivity index (χ0) is 19.6. The molecule has 0 spiro atoms. The summed E-state index contributed by atoms with van der Waals surface area (Å²) in [5, 5.41) is 1.78.